The maximum absolute atomic E-state index is 12.0. The van der Waals surface area contributed by atoms with Crippen LogP contribution in [0.1, 0.15) is 34.9 Å². The molecule has 5 nitrogen and oxygen atoms in total. The second kappa shape index (κ2) is 8.15. The minimum absolute atomic E-state index is 0.104. The first-order valence-corrected chi connectivity index (χ1v) is 9.21. The SMILES string of the molecule is COc1ccc2c(c1)CCCC2CNC(=O)NCCc1nccs1. The molecule has 1 aliphatic carbocycles. The van der Waals surface area contributed by atoms with Crippen molar-refractivity contribution in [2.75, 3.05) is 20.2 Å². The Hall–Kier alpha value is -2.08. The summed E-state index contributed by atoms with van der Waals surface area (Å²) in [4.78, 5) is 16.2. The molecule has 1 aromatic heterocycles. The average molecular weight is 345 g/mol. The summed E-state index contributed by atoms with van der Waals surface area (Å²) in [7, 11) is 1.69. The van der Waals surface area contributed by atoms with E-state index in [1.807, 2.05) is 11.4 Å². The molecule has 2 aromatic rings. The van der Waals surface area contributed by atoms with Crippen molar-refractivity contribution < 1.29 is 9.53 Å². The normalized spacial score (nSPS) is 16.3. The molecule has 1 heterocycles. The van der Waals surface area contributed by atoms with Crippen LogP contribution in [0.15, 0.2) is 29.8 Å². The Morgan fingerprint density at radius 1 is 1.42 bits per heavy atom. The number of nitrogens with zero attached hydrogens (tertiary/aromatic N) is 1. The van der Waals surface area contributed by atoms with Crippen LogP contribution in [-0.4, -0.2) is 31.2 Å². The lowest BCUT2D eigenvalue weighted by Crippen LogP contribution is -2.39. The highest BCUT2D eigenvalue weighted by Gasteiger charge is 2.21. The van der Waals surface area contributed by atoms with Crippen molar-refractivity contribution in [3.05, 3.63) is 45.9 Å². The van der Waals surface area contributed by atoms with Crippen molar-refractivity contribution in [1.82, 2.24) is 15.6 Å². The second-order valence-electron chi connectivity index (χ2n) is 5.97. The van der Waals surface area contributed by atoms with Crippen LogP contribution in [-0.2, 0) is 12.8 Å². The molecule has 1 aromatic carbocycles. The van der Waals surface area contributed by atoms with E-state index in [2.05, 4.69) is 27.8 Å². The van der Waals surface area contributed by atoms with Gasteiger partial charge in [-0.15, -0.1) is 11.3 Å². The van der Waals surface area contributed by atoms with Crippen LogP contribution in [0, 0.1) is 0 Å². The molecule has 24 heavy (non-hydrogen) atoms. The minimum atomic E-state index is -0.104. The van der Waals surface area contributed by atoms with E-state index in [9.17, 15) is 4.79 Å². The number of rotatable bonds is 6. The quantitative estimate of drug-likeness (QED) is 0.845. The highest BCUT2D eigenvalue weighted by atomic mass is 32.1. The molecule has 1 unspecified atom stereocenters. The van der Waals surface area contributed by atoms with Gasteiger partial charge in [-0.25, -0.2) is 9.78 Å². The van der Waals surface area contributed by atoms with Crippen molar-refractivity contribution in [3.8, 4) is 5.75 Å². The number of benzene rings is 1. The average Bonchev–Trinajstić information content (AvgIpc) is 3.12. The van der Waals surface area contributed by atoms with Crippen LogP contribution < -0.4 is 15.4 Å². The molecule has 1 atom stereocenters. The Bertz CT molecular complexity index is 673. The van der Waals surface area contributed by atoms with Crippen molar-refractivity contribution in [1.29, 1.82) is 0 Å². The first kappa shape index (κ1) is 16.8. The third-order valence-electron chi connectivity index (χ3n) is 4.41. The number of urea groups is 1. The van der Waals surface area contributed by atoms with Crippen LogP contribution in [0.3, 0.4) is 0 Å². The van der Waals surface area contributed by atoms with Gasteiger partial charge < -0.3 is 15.4 Å². The smallest absolute Gasteiger partial charge is 0.314 e. The van der Waals surface area contributed by atoms with Crippen LogP contribution in [0.2, 0.25) is 0 Å². The van der Waals surface area contributed by atoms with Crippen LogP contribution in [0.25, 0.3) is 0 Å². The van der Waals surface area contributed by atoms with Crippen LogP contribution >= 0.6 is 11.3 Å². The predicted molar refractivity (Wildman–Crippen MR) is 95.9 cm³/mol. The highest BCUT2D eigenvalue weighted by Crippen LogP contribution is 2.33. The Morgan fingerprint density at radius 2 is 2.33 bits per heavy atom. The van der Waals surface area contributed by atoms with Gasteiger partial charge in [-0.05, 0) is 42.5 Å². The number of hydrogen-bond acceptors (Lipinski definition) is 4. The molecular formula is C18H23N3O2S. The molecule has 0 bridgehead atoms. The summed E-state index contributed by atoms with van der Waals surface area (Å²) in [6, 6.07) is 6.16. The van der Waals surface area contributed by atoms with Crippen molar-refractivity contribution in [2.24, 2.45) is 0 Å². The van der Waals surface area contributed by atoms with E-state index in [4.69, 9.17) is 4.74 Å². The van der Waals surface area contributed by atoms with E-state index in [1.165, 1.54) is 11.1 Å². The van der Waals surface area contributed by atoms with Crippen molar-refractivity contribution in [2.45, 2.75) is 31.6 Å². The zero-order valence-electron chi connectivity index (χ0n) is 13.9. The molecule has 0 spiro atoms. The number of hydrogen-bond donors (Lipinski definition) is 2. The fourth-order valence-corrected chi connectivity index (χ4v) is 3.79. The van der Waals surface area contributed by atoms with Gasteiger partial charge in [-0.2, -0.15) is 0 Å². The molecule has 0 saturated carbocycles. The van der Waals surface area contributed by atoms with Gasteiger partial charge in [0.25, 0.3) is 0 Å². The van der Waals surface area contributed by atoms with Gasteiger partial charge in [0, 0.05) is 37.0 Å². The third kappa shape index (κ3) is 4.26. The summed E-state index contributed by atoms with van der Waals surface area (Å²) in [5, 5.41) is 8.90. The number of fused-ring (bicyclic) bond motifs is 1. The Kier molecular flexibility index (Phi) is 5.69. The van der Waals surface area contributed by atoms with E-state index >= 15 is 0 Å². The molecule has 2 N–H and O–H groups in total. The van der Waals surface area contributed by atoms with Gasteiger partial charge in [-0.3, -0.25) is 0 Å². The minimum Gasteiger partial charge on any atom is -0.497 e. The zero-order valence-corrected chi connectivity index (χ0v) is 14.7. The summed E-state index contributed by atoms with van der Waals surface area (Å²) in [5.41, 5.74) is 2.68. The van der Waals surface area contributed by atoms with Gasteiger partial charge in [0.2, 0.25) is 0 Å². The Balaban J connectivity index is 1.47. The fraction of sp³-hybridized carbons (Fsp3) is 0.444. The van der Waals surface area contributed by atoms with E-state index in [0.29, 0.717) is 19.0 Å². The van der Waals surface area contributed by atoms with E-state index in [1.54, 1.807) is 24.6 Å². The number of ether oxygens (including phenoxy) is 1. The van der Waals surface area contributed by atoms with Gasteiger partial charge in [0.1, 0.15) is 5.75 Å². The van der Waals surface area contributed by atoms with Gasteiger partial charge in [-0.1, -0.05) is 6.07 Å². The monoisotopic (exact) mass is 345 g/mol. The molecule has 0 fully saturated rings. The maximum Gasteiger partial charge on any atom is 0.314 e. The number of thiazole rings is 1. The number of carbonyl (C=O) groups excluding carboxylic acids is 1. The number of amides is 2. The Labute approximate surface area is 146 Å². The predicted octanol–water partition coefficient (Wildman–Crippen LogP) is 3.11. The van der Waals surface area contributed by atoms with Crippen molar-refractivity contribution >= 4 is 17.4 Å². The first-order valence-electron chi connectivity index (χ1n) is 8.33. The van der Waals surface area contributed by atoms with Gasteiger partial charge in [0.05, 0.1) is 12.1 Å². The van der Waals surface area contributed by atoms with Crippen molar-refractivity contribution in [3.63, 3.8) is 0 Å². The fourth-order valence-electron chi connectivity index (χ4n) is 3.17. The third-order valence-corrected chi connectivity index (χ3v) is 5.24. The van der Waals surface area contributed by atoms with E-state index in [0.717, 1.165) is 36.4 Å². The van der Waals surface area contributed by atoms with Gasteiger partial charge in [0.15, 0.2) is 0 Å². The first-order chi connectivity index (χ1) is 11.8. The summed E-state index contributed by atoms with van der Waals surface area (Å²) < 4.78 is 5.30. The largest absolute Gasteiger partial charge is 0.497 e. The lowest BCUT2D eigenvalue weighted by atomic mass is 9.82. The number of nitrogens with one attached hydrogen (secondary N) is 2. The topological polar surface area (TPSA) is 63.2 Å². The zero-order chi connectivity index (χ0) is 16.8. The Morgan fingerprint density at radius 3 is 3.12 bits per heavy atom. The molecule has 1 aliphatic rings. The molecule has 0 aliphatic heterocycles. The summed E-state index contributed by atoms with van der Waals surface area (Å²) >= 11 is 1.61. The molecule has 0 radical (unpaired) electrons. The standard InChI is InChI=1S/C18H23N3O2S/c1-23-15-5-6-16-13(11-15)3-2-4-14(16)12-21-18(22)20-8-7-17-19-9-10-24-17/h5-6,9-11,14H,2-4,7-8,12H2,1H3,(H2,20,21,22). The lowest BCUT2D eigenvalue weighted by Gasteiger charge is -2.26. The van der Waals surface area contributed by atoms with Crippen LogP contribution in [0.4, 0.5) is 4.79 Å². The maximum atomic E-state index is 12.0. The highest BCUT2D eigenvalue weighted by molar-refractivity contribution is 7.09. The molecule has 2 amide bonds. The number of aryl methyl sites for hydroxylation is 1. The second-order valence-corrected chi connectivity index (χ2v) is 6.95. The van der Waals surface area contributed by atoms with E-state index in [-0.39, 0.29) is 6.03 Å². The lowest BCUT2D eigenvalue weighted by molar-refractivity contribution is 0.240. The molecule has 128 valence electrons. The van der Waals surface area contributed by atoms with Crippen LogP contribution in [0.5, 0.6) is 5.75 Å². The molecule has 6 heteroatoms. The summed E-state index contributed by atoms with van der Waals surface area (Å²) in [6.07, 6.45) is 5.91. The number of methoxy groups -OCH3 is 1. The molecule has 3 rings (SSSR count). The molecule has 0 saturated heterocycles. The number of carbonyl (C=O) groups is 1. The van der Waals surface area contributed by atoms with E-state index < -0.39 is 0 Å². The molecular weight excluding hydrogens is 322 g/mol. The summed E-state index contributed by atoms with van der Waals surface area (Å²) in [6.45, 7) is 1.28. The summed E-state index contributed by atoms with van der Waals surface area (Å²) in [5.74, 6) is 1.28. The number of aromatic nitrogens is 1. The van der Waals surface area contributed by atoms with Gasteiger partial charge >= 0.3 is 6.03 Å².